The van der Waals surface area contributed by atoms with Crippen molar-refractivity contribution < 1.29 is 9.31 Å². The van der Waals surface area contributed by atoms with E-state index in [1.54, 1.807) is 6.07 Å². The average Bonchev–Trinajstić information content (AvgIpc) is 2.89. The largest absolute Gasteiger partial charge is 0.310 e. The molecule has 104 valence electrons. The Morgan fingerprint density at radius 2 is 2.16 bits per heavy atom. The molecule has 0 saturated heterocycles. The molecule has 1 saturated carbocycles. The first kappa shape index (κ1) is 13.9. The molecular formula is C14H19FN2O2. The monoisotopic (exact) mass is 266 g/mol. The zero-order valence-electron chi connectivity index (χ0n) is 11.1. The highest BCUT2D eigenvalue weighted by Crippen LogP contribution is 2.27. The number of rotatable bonds is 5. The SMILES string of the molecule is C[C@H](NCc1ccc([N+](=O)[O-])c(F)c1)C1CCCC1. The van der Waals surface area contributed by atoms with Gasteiger partial charge in [0.25, 0.3) is 0 Å². The third kappa shape index (κ3) is 3.50. The first-order valence-corrected chi connectivity index (χ1v) is 6.74. The zero-order valence-corrected chi connectivity index (χ0v) is 11.1. The molecule has 0 spiro atoms. The van der Waals surface area contributed by atoms with Gasteiger partial charge >= 0.3 is 5.69 Å². The molecule has 0 radical (unpaired) electrons. The van der Waals surface area contributed by atoms with Crippen LogP contribution in [0.3, 0.4) is 0 Å². The van der Waals surface area contributed by atoms with E-state index in [0.29, 0.717) is 18.5 Å². The van der Waals surface area contributed by atoms with E-state index in [2.05, 4.69) is 12.2 Å². The maximum Gasteiger partial charge on any atom is 0.304 e. The molecule has 0 aromatic heterocycles. The predicted octanol–water partition coefficient (Wildman–Crippen LogP) is 3.40. The number of nitrogens with one attached hydrogen (secondary N) is 1. The van der Waals surface area contributed by atoms with Crippen LogP contribution in [0.15, 0.2) is 18.2 Å². The lowest BCUT2D eigenvalue weighted by Gasteiger charge is -2.20. The summed E-state index contributed by atoms with van der Waals surface area (Å²) in [5.74, 6) is -0.0688. The number of halogens is 1. The van der Waals surface area contributed by atoms with Crippen molar-refractivity contribution >= 4 is 5.69 Å². The molecule has 1 aliphatic rings. The summed E-state index contributed by atoms with van der Waals surface area (Å²) >= 11 is 0. The van der Waals surface area contributed by atoms with Gasteiger partial charge in [-0.3, -0.25) is 10.1 Å². The molecule has 0 aliphatic heterocycles. The van der Waals surface area contributed by atoms with Crippen molar-refractivity contribution in [3.05, 3.63) is 39.7 Å². The van der Waals surface area contributed by atoms with Gasteiger partial charge in [0.2, 0.25) is 5.82 Å². The Balaban J connectivity index is 1.92. The Bertz CT molecular complexity index is 459. The highest BCUT2D eigenvalue weighted by atomic mass is 19.1. The number of nitro groups is 1. The average molecular weight is 266 g/mol. The second-order valence-electron chi connectivity index (χ2n) is 5.26. The number of nitrogens with zero attached hydrogens (tertiary/aromatic N) is 1. The van der Waals surface area contributed by atoms with Crippen LogP contribution >= 0.6 is 0 Å². The lowest BCUT2D eigenvalue weighted by molar-refractivity contribution is -0.387. The van der Waals surface area contributed by atoms with E-state index in [0.717, 1.165) is 5.56 Å². The topological polar surface area (TPSA) is 55.2 Å². The lowest BCUT2D eigenvalue weighted by Crippen LogP contribution is -2.31. The molecule has 1 aliphatic carbocycles. The summed E-state index contributed by atoms with van der Waals surface area (Å²) in [5, 5.41) is 13.9. The van der Waals surface area contributed by atoms with Gasteiger partial charge in [-0.2, -0.15) is 4.39 Å². The minimum absolute atomic E-state index is 0.403. The normalized spacial score (nSPS) is 17.6. The molecule has 0 bridgehead atoms. The van der Waals surface area contributed by atoms with Crippen molar-refractivity contribution in [2.45, 2.75) is 45.2 Å². The van der Waals surface area contributed by atoms with E-state index in [1.165, 1.54) is 37.8 Å². The number of hydrogen-bond donors (Lipinski definition) is 1. The molecule has 1 fully saturated rings. The predicted molar refractivity (Wildman–Crippen MR) is 71.3 cm³/mol. The van der Waals surface area contributed by atoms with E-state index in [1.807, 2.05) is 0 Å². The molecule has 4 nitrogen and oxygen atoms in total. The van der Waals surface area contributed by atoms with Crippen LogP contribution < -0.4 is 5.32 Å². The maximum absolute atomic E-state index is 13.5. The van der Waals surface area contributed by atoms with E-state index in [9.17, 15) is 14.5 Å². The fourth-order valence-electron chi connectivity index (χ4n) is 2.71. The lowest BCUT2D eigenvalue weighted by atomic mass is 9.99. The summed E-state index contributed by atoms with van der Waals surface area (Å²) < 4.78 is 13.5. The second-order valence-corrected chi connectivity index (χ2v) is 5.26. The van der Waals surface area contributed by atoms with Crippen molar-refractivity contribution in [2.75, 3.05) is 0 Å². The molecule has 0 amide bonds. The van der Waals surface area contributed by atoms with Crippen molar-refractivity contribution in [3.63, 3.8) is 0 Å². The molecule has 19 heavy (non-hydrogen) atoms. The standard InChI is InChI=1S/C14H19FN2O2/c1-10(12-4-2-3-5-12)16-9-11-6-7-14(17(18)19)13(15)8-11/h6-8,10,12,16H,2-5,9H2,1H3/t10-/m0/s1. The third-order valence-corrected chi connectivity index (χ3v) is 3.94. The minimum Gasteiger partial charge on any atom is -0.310 e. The fraction of sp³-hybridized carbons (Fsp3) is 0.571. The Morgan fingerprint density at radius 3 is 2.74 bits per heavy atom. The summed E-state index contributed by atoms with van der Waals surface area (Å²) in [6.45, 7) is 2.70. The Morgan fingerprint density at radius 1 is 1.47 bits per heavy atom. The van der Waals surface area contributed by atoms with Crippen molar-refractivity contribution in [3.8, 4) is 0 Å². The molecule has 1 aromatic rings. The molecule has 1 N–H and O–H groups in total. The first-order valence-electron chi connectivity index (χ1n) is 6.74. The van der Waals surface area contributed by atoms with E-state index < -0.39 is 16.4 Å². The smallest absolute Gasteiger partial charge is 0.304 e. The Hall–Kier alpha value is -1.49. The summed E-state index contributed by atoms with van der Waals surface area (Å²) in [6.07, 6.45) is 5.09. The summed E-state index contributed by atoms with van der Waals surface area (Å²) in [6, 6.07) is 4.48. The van der Waals surface area contributed by atoms with Crippen LogP contribution in [0.4, 0.5) is 10.1 Å². The van der Waals surface area contributed by atoms with E-state index >= 15 is 0 Å². The molecular weight excluding hydrogens is 247 g/mol. The van der Waals surface area contributed by atoms with Gasteiger partial charge in [-0.25, -0.2) is 0 Å². The van der Waals surface area contributed by atoms with Crippen LogP contribution in [-0.2, 0) is 6.54 Å². The number of hydrogen-bond acceptors (Lipinski definition) is 3. The third-order valence-electron chi connectivity index (χ3n) is 3.94. The molecule has 1 atom stereocenters. The minimum atomic E-state index is -0.766. The van der Waals surface area contributed by atoms with E-state index in [4.69, 9.17) is 0 Å². The summed E-state index contributed by atoms with van der Waals surface area (Å²) in [7, 11) is 0. The van der Waals surface area contributed by atoms with Gasteiger partial charge in [0.05, 0.1) is 4.92 Å². The highest BCUT2D eigenvalue weighted by molar-refractivity contribution is 5.34. The maximum atomic E-state index is 13.5. The second kappa shape index (κ2) is 6.10. The van der Waals surface area contributed by atoms with Crippen molar-refractivity contribution in [1.29, 1.82) is 0 Å². The molecule has 5 heteroatoms. The summed E-state index contributed by atoms with van der Waals surface area (Å²) in [5.41, 5.74) is 0.278. The van der Waals surface area contributed by atoms with E-state index in [-0.39, 0.29) is 0 Å². The van der Waals surface area contributed by atoms with Gasteiger partial charge in [-0.1, -0.05) is 18.9 Å². The van der Waals surface area contributed by atoms with Crippen LogP contribution in [0.25, 0.3) is 0 Å². The Labute approximate surface area is 112 Å². The first-order chi connectivity index (χ1) is 9.08. The van der Waals surface area contributed by atoms with Gasteiger partial charge in [-0.05, 0) is 37.3 Å². The highest BCUT2D eigenvalue weighted by Gasteiger charge is 2.21. The van der Waals surface area contributed by atoms with Gasteiger partial charge in [0.1, 0.15) is 0 Å². The van der Waals surface area contributed by atoms with Gasteiger partial charge in [0, 0.05) is 18.7 Å². The van der Waals surface area contributed by atoms with Crippen LogP contribution in [0.2, 0.25) is 0 Å². The molecule has 1 aromatic carbocycles. The van der Waals surface area contributed by atoms with Crippen LogP contribution in [0, 0.1) is 21.8 Å². The quantitative estimate of drug-likeness (QED) is 0.656. The molecule has 0 unspecified atom stereocenters. The Kier molecular flexibility index (Phi) is 4.47. The van der Waals surface area contributed by atoms with Gasteiger partial charge in [0.15, 0.2) is 0 Å². The molecule has 2 rings (SSSR count). The van der Waals surface area contributed by atoms with Crippen molar-refractivity contribution in [2.24, 2.45) is 5.92 Å². The molecule has 0 heterocycles. The van der Waals surface area contributed by atoms with Crippen LogP contribution in [-0.4, -0.2) is 11.0 Å². The van der Waals surface area contributed by atoms with Crippen molar-refractivity contribution in [1.82, 2.24) is 5.32 Å². The van der Waals surface area contributed by atoms with Gasteiger partial charge in [-0.15, -0.1) is 0 Å². The summed E-state index contributed by atoms with van der Waals surface area (Å²) in [4.78, 5) is 9.82. The van der Waals surface area contributed by atoms with Crippen LogP contribution in [0.1, 0.15) is 38.2 Å². The number of nitro benzene ring substituents is 1. The van der Waals surface area contributed by atoms with Gasteiger partial charge < -0.3 is 5.32 Å². The number of benzene rings is 1. The van der Waals surface area contributed by atoms with Crippen LogP contribution in [0.5, 0.6) is 0 Å². The fourth-order valence-corrected chi connectivity index (χ4v) is 2.71. The zero-order chi connectivity index (χ0) is 13.8.